The minimum Gasteiger partial charge on any atom is -0.469 e. The maximum Gasteiger partial charge on any atom is 0.307 e. The lowest BCUT2D eigenvalue weighted by Crippen LogP contribution is -2.30. The van der Waals surface area contributed by atoms with Crippen LogP contribution >= 0.6 is 11.3 Å². The fourth-order valence-corrected chi connectivity index (χ4v) is 3.19. The summed E-state index contributed by atoms with van der Waals surface area (Å²) >= 11 is 1.32. The van der Waals surface area contributed by atoms with E-state index < -0.39 is 12.0 Å². The van der Waals surface area contributed by atoms with Crippen molar-refractivity contribution in [1.82, 2.24) is 10.3 Å². The molecule has 3 aromatic rings. The van der Waals surface area contributed by atoms with Gasteiger partial charge >= 0.3 is 5.97 Å². The number of carbonyl (C=O) groups excluding carboxylic acids is 2. The Bertz CT molecular complexity index is 885. The summed E-state index contributed by atoms with van der Waals surface area (Å²) in [5, 5.41) is 5.16. The van der Waals surface area contributed by atoms with Gasteiger partial charge in [-0.2, -0.15) is 0 Å². The topological polar surface area (TPSA) is 81.4 Å². The number of nitrogens with zero attached hydrogens (tertiary/aromatic N) is 1. The highest BCUT2D eigenvalue weighted by Gasteiger charge is 2.21. The number of aryl methyl sites for hydroxylation is 1. The van der Waals surface area contributed by atoms with Crippen LogP contribution in [0.25, 0.3) is 10.8 Å². The van der Waals surface area contributed by atoms with Crippen LogP contribution in [0.2, 0.25) is 0 Å². The Balaban J connectivity index is 1.78. The number of esters is 1. The van der Waals surface area contributed by atoms with Gasteiger partial charge in [0.1, 0.15) is 5.69 Å². The van der Waals surface area contributed by atoms with E-state index in [0.717, 1.165) is 11.1 Å². The highest BCUT2D eigenvalue weighted by atomic mass is 32.1. The molecule has 0 bridgehead atoms. The Morgan fingerprint density at radius 2 is 2.04 bits per heavy atom. The van der Waals surface area contributed by atoms with Crippen LogP contribution in [-0.2, 0) is 9.53 Å². The van der Waals surface area contributed by atoms with Gasteiger partial charge in [0.05, 0.1) is 25.8 Å². The Morgan fingerprint density at radius 3 is 2.69 bits per heavy atom. The van der Waals surface area contributed by atoms with Crippen LogP contribution in [-0.4, -0.2) is 24.0 Å². The van der Waals surface area contributed by atoms with Crippen molar-refractivity contribution >= 4 is 23.2 Å². The zero-order chi connectivity index (χ0) is 18.5. The number of carbonyl (C=O) groups is 2. The van der Waals surface area contributed by atoms with E-state index in [4.69, 9.17) is 9.15 Å². The number of nitrogens with one attached hydrogen (secondary N) is 1. The van der Waals surface area contributed by atoms with Gasteiger partial charge in [-0.15, -0.1) is 11.3 Å². The third-order valence-electron chi connectivity index (χ3n) is 3.85. The average molecular weight is 370 g/mol. The number of aromatic nitrogens is 1. The molecule has 1 atom stereocenters. The van der Waals surface area contributed by atoms with Gasteiger partial charge in [-0.3, -0.25) is 9.59 Å². The molecule has 6 nitrogen and oxygen atoms in total. The first-order chi connectivity index (χ1) is 12.6. The second-order valence-corrected chi connectivity index (χ2v) is 6.59. The second kappa shape index (κ2) is 7.97. The van der Waals surface area contributed by atoms with Crippen molar-refractivity contribution in [3.63, 3.8) is 0 Å². The highest BCUT2D eigenvalue weighted by molar-refractivity contribution is 7.13. The van der Waals surface area contributed by atoms with Crippen molar-refractivity contribution in [1.29, 1.82) is 0 Å². The molecule has 7 heteroatoms. The first kappa shape index (κ1) is 17.9. The fourth-order valence-electron chi connectivity index (χ4n) is 2.42. The molecule has 3 rings (SSSR count). The maximum atomic E-state index is 12.6. The highest BCUT2D eigenvalue weighted by Crippen LogP contribution is 2.25. The number of furan rings is 1. The number of amides is 1. The molecule has 134 valence electrons. The summed E-state index contributed by atoms with van der Waals surface area (Å²) in [5.74, 6) is -0.141. The molecule has 0 fully saturated rings. The summed E-state index contributed by atoms with van der Waals surface area (Å²) in [6.07, 6.45) is 1.60. The molecule has 0 aliphatic heterocycles. The number of hydrogen-bond donors (Lipinski definition) is 1. The van der Waals surface area contributed by atoms with Crippen molar-refractivity contribution in [3.8, 4) is 10.8 Å². The Hall–Kier alpha value is -2.93. The lowest BCUT2D eigenvalue weighted by Gasteiger charge is -2.18. The predicted octanol–water partition coefficient (Wildman–Crippen LogP) is 3.75. The average Bonchev–Trinajstić information content (AvgIpc) is 3.33. The molecule has 0 saturated heterocycles. The number of thiazole rings is 1. The molecule has 1 N–H and O–H groups in total. The fraction of sp³-hybridized carbons (Fsp3) is 0.211. The lowest BCUT2D eigenvalue weighted by atomic mass is 10.0. The summed E-state index contributed by atoms with van der Waals surface area (Å²) in [5.41, 5.74) is 2.21. The number of rotatable bonds is 6. The predicted molar refractivity (Wildman–Crippen MR) is 97.8 cm³/mol. The van der Waals surface area contributed by atoms with E-state index in [1.54, 1.807) is 23.8 Å². The zero-order valence-electron chi connectivity index (χ0n) is 14.4. The summed E-state index contributed by atoms with van der Waals surface area (Å²) in [6.45, 7) is 1.98. The number of ether oxygens (including phenoxy) is 1. The molecule has 0 aliphatic rings. The quantitative estimate of drug-likeness (QED) is 0.669. The van der Waals surface area contributed by atoms with Crippen LogP contribution < -0.4 is 5.32 Å². The van der Waals surface area contributed by atoms with Crippen molar-refractivity contribution in [2.75, 3.05) is 7.11 Å². The van der Waals surface area contributed by atoms with Gasteiger partial charge in [0.15, 0.2) is 10.8 Å². The molecule has 0 radical (unpaired) electrons. The van der Waals surface area contributed by atoms with Crippen LogP contribution in [0.1, 0.15) is 34.1 Å². The Labute approximate surface area is 154 Å². The monoisotopic (exact) mass is 370 g/mol. The summed E-state index contributed by atoms with van der Waals surface area (Å²) < 4.78 is 10.0. The largest absolute Gasteiger partial charge is 0.469 e. The minimum atomic E-state index is -0.496. The van der Waals surface area contributed by atoms with Gasteiger partial charge in [-0.1, -0.05) is 29.8 Å². The first-order valence-corrected chi connectivity index (χ1v) is 8.88. The number of methoxy groups -OCH3 is 1. The second-order valence-electron chi connectivity index (χ2n) is 5.73. The molecule has 0 saturated carbocycles. The molecule has 1 unspecified atom stereocenters. The van der Waals surface area contributed by atoms with E-state index in [-0.39, 0.29) is 18.0 Å². The summed E-state index contributed by atoms with van der Waals surface area (Å²) in [7, 11) is 1.33. The van der Waals surface area contributed by atoms with Gasteiger partial charge in [-0.05, 0) is 24.6 Å². The lowest BCUT2D eigenvalue weighted by molar-refractivity contribution is -0.141. The van der Waals surface area contributed by atoms with Crippen LogP contribution in [0.3, 0.4) is 0 Å². The third-order valence-corrected chi connectivity index (χ3v) is 4.71. The maximum absolute atomic E-state index is 12.6. The van der Waals surface area contributed by atoms with Gasteiger partial charge in [-0.25, -0.2) is 4.98 Å². The van der Waals surface area contributed by atoms with E-state index >= 15 is 0 Å². The van der Waals surface area contributed by atoms with Crippen LogP contribution in [0.4, 0.5) is 0 Å². The van der Waals surface area contributed by atoms with E-state index in [9.17, 15) is 9.59 Å². The molecule has 2 aromatic heterocycles. The van der Waals surface area contributed by atoms with Crippen LogP contribution in [0, 0.1) is 6.92 Å². The summed E-state index contributed by atoms with van der Waals surface area (Å²) in [6, 6.07) is 10.7. The first-order valence-electron chi connectivity index (χ1n) is 8.00. The number of benzene rings is 1. The normalized spacial score (nSPS) is 11.8. The van der Waals surface area contributed by atoms with E-state index in [2.05, 4.69) is 10.3 Å². The molecule has 2 heterocycles. The Morgan fingerprint density at radius 1 is 1.27 bits per heavy atom. The Kier molecular flexibility index (Phi) is 5.48. The van der Waals surface area contributed by atoms with E-state index in [1.807, 2.05) is 31.2 Å². The van der Waals surface area contributed by atoms with Crippen molar-refractivity contribution in [2.24, 2.45) is 0 Å². The minimum absolute atomic E-state index is 0.0421. The molecular formula is C19H18N2O4S. The van der Waals surface area contributed by atoms with Crippen molar-refractivity contribution < 1.29 is 18.7 Å². The molecule has 0 spiro atoms. The molecule has 1 aromatic carbocycles. The van der Waals surface area contributed by atoms with E-state index in [1.165, 1.54) is 18.4 Å². The van der Waals surface area contributed by atoms with Gasteiger partial charge in [0.25, 0.3) is 5.91 Å². The zero-order valence-corrected chi connectivity index (χ0v) is 15.2. The number of hydrogen-bond acceptors (Lipinski definition) is 6. The van der Waals surface area contributed by atoms with Crippen molar-refractivity contribution in [3.05, 3.63) is 64.9 Å². The van der Waals surface area contributed by atoms with Crippen LogP contribution in [0.5, 0.6) is 0 Å². The van der Waals surface area contributed by atoms with Crippen LogP contribution in [0.15, 0.2) is 52.5 Å². The summed E-state index contributed by atoms with van der Waals surface area (Å²) in [4.78, 5) is 28.6. The molecular weight excluding hydrogens is 352 g/mol. The molecule has 1 amide bonds. The van der Waals surface area contributed by atoms with Gasteiger partial charge in [0, 0.05) is 5.38 Å². The third kappa shape index (κ3) is 4.18. The van der Waals surface area contributed by atoms with Crippen molar-refractivity contribution in [2.45, 2.75) is 19.4 Å². The van der Waals surface area contributed by atoms with Gasteiger partial charge in [0.2, 0.25) is 0 Å². The van der Waals surface area contributed by atoms with E-state index in [0.29, 0.717) is 10.8 Å². The molecule has 0 aliphatic carbocycles. The standard InChI is InChI=1S/C19H18N2O4S/c1-12-5-7-13(8-6-12)14(10-17(22)24-2)20-18(23)15-11-26-19(21-15)16-4-3-9-25-16/h3-9,11,14H,10H2,1-2H3,(H,20,23). The van der Waals surface area contributed by atoms with Gasteiger partial charge < -0.3 is 14.5 Å². The molecule has 26 heavy (non-hydrogen) atoms. The smallest absolute Gasteiger partial charge is 0.307 e. The SMILES string of the molecule is COC(=O)CC(NC(=O)c1csc(-c2ccco2)n1)c1ccc(C)cc1.